The maximum Gasteiger partial charge on any atom is 0.193 e. The molecule has 3 aromatic carbocycles. The second kappa shape index (κ2) is 7.73. The number of methoxy groups -OCH3 is 2. The summed E-state index contributed by atoms with van der Waals surface area (Å²) < 4.78 is 10.6. The first kappa shape index (κ1) is 18.1. The quantitative estimate of drug-likeness (QED) is 0.561. The molecule has 0 aliphatic heterocycles. The van der Waals surface area contributed by atoms with Gasteiger partial charge in [0, 0.05) is 11.1 Å². The first-order chi connectivity index (χ1) is 13.7. The predicted octanol–water partition coefficient (Wildman–Crippen LogP) is 5.44. The predicted molar refractivity (Wildman–Crippen MR) is 112 cm³/mol. The summed E-state index contributed by atoms with van der Waals surface area (Å²) in [5.41, 5.74) is 5.77. The Morgan fingerprint density at radius 2 is 1.54 bits per heavy atom. The molecule has 0 saturated heterocycles. The molecule has 0 radical (unpaired) electrons. The largest absolute Gasteiger partial charge is 0.497 e. The van der Waals surface area contributed by atoms with Crippen LogP contribution in [0.25, 0.3) is 11.1 Å². The van der Waals surface area contributed by atoms with Crippen molar-refractivity contribution in [3.63, 3.8) is 0 Å². The Balaban J connectivity index is 1.89. The number of allylic oxidation sites excluding steroid dienone is 2. The van der Waals surface area contributed by atoms with Crippen molar-refractivity contribution in [2.75, 3.05) is 14.2 Å². The van der Waals surface area contributed by atoms with E-state index in [2.05, 4.69) is 6.07 Å². The van der Waals surface area contributed by atoms with Gasteiger partial charge in [0.15, 0.2) is 5.78 Å². The molecule has 4 rings (SSSR count). The molecule has 1 aliphatic carbocycles. The molecule has 140 valence electrons. The normalized spacial score (nSPS) is 13.1. The van der Waals surface area contributed by atoms with E-state index in [9.17, 15) is 4.79 Å². The van der Waals surface area contributed by atoms with Gasteiger partial charge < -0.3 is 9.47 Å². The van der Waals surface area contributed by atoms with Gasteiger partial charge in [-0.15, -0.1) is 0 Å². The summed E-state index contributed by atoms with van der Waals surface area (Å²) in [6.07, 6.45) is 1.74. The lowest BCUT2D eigenvalue weighted by atomic mass is 9.79. The first-order valence-corrected chi connectivity index (χ1v) is 9.36. The van der Waals surface area contributed by atoms with Crippen molar-refractivity contribution in [1.29, 1.82) is 0 Å². The molecule has 0 heterocycles. The zero-order valence-electron chi connectivity index (χ0n) is 16.1. The third-order valence-electron chi connectivity index (χ3n) is 5.23. The Morgan fingerprint density at radius 1 is 0.786 bits per heavy atom. The number of carbonyl (C=O) groups excluding carboxylic acids is 1. The molecule has 0 unspecified atom stereocenters. The van der Waals surface area contributed by atoms with Crippen LogP contribution < -0.4 is 9.47 Å². The van der Waals surface area contributed by atoms with E-state index >= 15 is 0 Å². The van der Waals surface area contributed by atoms with Crippen LogP contribution >= 0.6 is 0 Å². The lowest BCUT2D eigenvalue weighted by molar-refractivity contribution is 0.105. The third-order valence-corrected chi connectivity index (χ3v) is 5.23. The van der Waals surface area contributed by atoms with E-state index in [1.807, 2.05) is 66.7 Å². The van der Waals surface area contributed by atoms with Crippen LogP contribution in [-0.2, 0) is 6.42 Å². The number of carbonyl (C=O) groups is 1. The van der Waals surface area contributed by atoms with Crippen molar-refractivity contribution in [3.8, 4) is 11.5 Å². The van der Waals surface area contributed by atoms with Crippen LogP contribution in [-0.4, -0.2) is 20.0 Å². The van der Waals surface area contributed by atoms with Gasteiger partial charge in [-0.25, -0.2) is 0 Å². The van der Waals surface area contributed by atoms with Gasteiger partial charge in [-0.2, -0.15) is 0 Å². The van der Waals surface area contributed by atoms with Crippen molar-refractivity contribution in [2.45, 2.75) is 12.8 Å². The van der Waals surface area contributed by atoms with Gasteiger partial charge in [-0.05, 0) is 71.5 Å². The van der Waals surface area contributed by atoms with Gasteiger partial charge in [-0.1, -0.05) is 36.4 Å². The number of ether oxygens (including phenoxy) is 2. The molecule has 0 bridgehead atoms. The minimum atomic E-state index is 0.0348. The Labute approximate surface area is 165 Å². The van der Waals surface area contributed by atoms with Crippen LogP contribution in [0.2, 0.25) is 0 Å². The van der Waals surface area contributed by atoms with E-state index in [1.165, 1.54) is 5.56 Å². The molecule has 0 N–H and O–H groups in total. The van der Waals surface area contributed by atoms with E-state index in [0.29, 0.717) is 5.56 Å². The summed E-state index contributed by atoms with van der Waals surface area (Å²) in [5, 5.41) is 0. The van der Waals surface area contributed by atoms with Crippen LogP contribution in [0.3, 0.4) is 0 Å². The molecule has 28 heavy (non-hydrogen) atoms. The summed E-state index contributed by atoms with van der Waals surface area (Å²) in [7, 11) is 3.28. The second-order valence-electron chi connectivity index (χ2n) is 6.80. The average Bonchev–Trinajstić information content (AvgIpc) is 2.78. The summed E-state index contributed by atoms with van der Waals surface area (Å²) in [4.78, 5) is 13.6. The SMILES string of the molecule is COc1ccc(C(=O)C2=C(c3cccc(OC)c3)CCc3ccccc32)cc1. The molecule has 0 amide bonds. The van der Waals surface area contributed by atoms with Crippen LogP contribution in [0.5, 0.6) is 11.5 Å². The highest BCUT2D eigenvalue weighted by Crippen LogP contribution is 2.39. The highest BCUT2D eigenvalue weighted by molar-refractivity contribution is 6.35. The van der Waals surface area contributed by atoms with Gasteiger partial charge in [0.2, 0.25) is 0 Å². The fourth-order valence-electron chi connectivity index (χ4n) is 3.77. The van der Waals surface area contributed by atoms with Gasteiger partial charge in [0.25, 0.3) is 0 Å². The lowest BCUT2D eigenvalue weighted by Gasteiger charge is -2.23. The molecule has 3 nitrogen and oxygen atoms in total. The number of Topliss-reactive ketones (excluding diaryl/α,β-unsaturated/α-hetero) is 1. The number of hydrogen-bond donors (Lipinski definition) is 0. The number of hydrogen-bond acceptors (Lipinski definition) is 3. The van der Waals surface area contributed by atoms with E-state index < -0.39 is 0 Å². The summed E-state index contributed by atoms with van der Waals surface area (Å²) in [6.45, 7) is 0. The van der Waals surface area contributed by atoms with E-state index in [4.69, 9.17) is 9.47 Å². The number of rotatable bonds is 5. The Hall–Kier alpha value is -3.33. The maximum absolute atomic E-state index is 13.6. The van der Waals surface area contributed by atoms with E-state index in [1.54, 1.807) is 14.2 Å². The number of benzene rings is 3. The topological polar surface area (TPSA) is 35.5 Å². The Morgan fingerprint density at radius 3 is 2.29 bits per heavy atom. The lowest BCUT2D eigenvalue weighted by Crippen LogP contribution is -2.12. The smallest absolute Gasteiger partial charge is 0.193 e. The minimum absolute atomic E-state index is 0.0348. The van der Waals surface area contributed by atoms with Gasteiger partial charge >= 0.3 is 0 Å². The Kier molecular flexibility index (Phi) is 4.98. The van der Waals surface area contributed by atoms with Gasteiger partial charge in [-0.3, -0.25) is 4.79 Å². The first-order valence-electron chi connectivity index (χ1n) is 9.36. The molecule has 3 aromatic rings. The van der Waals surface area contributed by atoms with Gasteiger partial charge in [0.05, 0.1) is 14.2 Å². The molecular weight excluding hydrogens is 348 g/mol. The van der Waals surface area contributed by atoms with E-state index in [0.717, 1.165) is 46.6 Å². The third kappa shape index (κ3) is 3.31. The van der Waals surface area contributed by atoms with Crippen molar-refractivity contribution in [2.24, 2.45) is 0 Å². The Bertz CT molecular complexity index is 1050. The molecule has 3 heteroatoms. The fourth-order valence-corrected chi connectivity index (χ4v) is 3.77. The zero-order chi connectivity index (χ0) is 19.5. The number of aryl methyl sites for hydroxylation is 1. The highest BCUT2D eigenvalue weighted by Gasteiger charge is 2.26. The van der Waals surface area contributed by atoms with Crippen molar-refractivity contribution in [3.05, 3.63) is 95.1 Å². The molecule has 0 spiro atoms. The molecule has 0 aromatic heterocycles. The molecular formula is C25H22O3. The fraction of sp³-hybridized carbons (Fsp3) is 0.160. The summed E-state index contributed by atoms with van der Waals surface area (Å²) >= 11 is 0. The van der Waals surface area contributed by atoms with Crippen LogP contribution in [0.4, 0.5) is 0 Å². The molecule has 0 atom stereocenters. The zero-order valence-corrected chi connectivity index (χ0v) is 16.1. The van der Waals surface area contributed by atoms with Crippen LogP contribution in [0.1, 0.15) is 33.5 Å². The standard InChI is InChI=1S/C25H22O3/c1-27-20-13-10-18(11-14-20)25(26)24-22-9-4-3-6-17(22)12-15-23(24)19-7-5-8-21(16-19)28-2/h3-11,13-14,16H,12,15H2,1-2H3. The summed E-state index contributed by atoms with van der Waals surface area (Å²) in [6, 6.07) is 23.4. The highest BCUT2D eigenvalue weighted by atomic mass is 16.5. The van der Waals surface area contributed by atoms with Crippen LogP contribution in [0.15, 0.2) is 72.8 Å². The molecule has 0 fully saturated rings. The van der Waals surface area contributed by atoms with Crippen LogP contribution in [0, 0.1) is 0 Å². The van der Waals surface area contributed by atoms with E-state index in [-0.39, 0.29) is 5.78 Å². The van der Waals surface area contributed by atoms with Crippen molar-refractivity contribution in [1.82, 2.24) is 0 Å². The second-order valence-corrected chi connectivity index (χ2v) is 6.80. The number of fused-ring (bicyclic) bond motifs is 1. The average molecular weight is 370 g/mol. The maximum atomic E-state index is 13.6. The van der Waals surface area contributed by atoms with Gasteiger partial charge in [0.1, 0.15) is 11.5 Å². The monoisotopic (exact) mass is 370 g/mol. The molecule has 0 saturated carbocycles. The number of ketones is 1. The van der Waals surface area contributed by atoms with Crippen molar-refractivity contribution >= 4 is 16.9 Å². The molecule has 1 aliphatic rings. The minimum Gasteiger partial charge on any atom is -0.497 e. The van der Waals surface area contributed by atoms with Crippen molar-refractivity contribution < 1.29 is 14.3 Å². The summed E-state index contributed by atoms with van der Waals surface area (Å²) in [5.74, 6) is 1.57.